The first-order chi connectivity index (χ1) is 9.75. The fraction of sp³-hybridized carbons (Fsp3) is 0.786. The quantitative estimate of drug-likeness (QED) is 0.711. The average molecular weight is 275 g/mol. The van der Waals surface area contributed by atoms with E-state index in [-0.39, 0.29) is 11.5 Å². The van der Waals surface area contributed by atoms with Gasteiger partial charge in [-0.15, -0.1) is 0 Å². The van der Waals surface area contributed by atoms with Crippen LogP contribution < -0.4 is 5.73 Å². The molecule has 1 atom stereocenters. The number of morpholine rings is 1. The molecule has 6 heteroatoms. The minimum atomic E-state index is -0.368. The number of aliphatic imine (C=N–C) groups is 2. The summed E-state index contributed by atoms with van der Waals surface area (Å²) in [5.74, 6) is 0.776. The molecule has 1 spiro atoms. The summed E-state index contributed by atoms with van der Waals surface area (Å²) < 4.78 is 5.37. The highest BCUT2D eigenvalue weighted by molar-refractivity contribution is 6.00. The second kappa shape index (κ2) is 5.41. The van der Waals surface area contributed by atoms with Crippen LogP contribution in [0.2, 0.25) is 0 Å². The molecule has 1 unspecified atom stereocenters. The zero-order valence-electron chi connectivity index (χ0n) is 11.7. The van der Waals surface area contributed by atoms with Crippen LogP contribution in [-0.2, 0) is 4.74 Å². The van der Waals surface area contributed by atoms with E-state index in [2.05, 4.69) is 16.0 Å². The zero-order valence-corrected chi connectivity index (χ0v) is 11.7. The molecule has 108 valence electrons. The van der Waals surface area contributed by atoms with E-state index in [1.807, 2.05) is 0 Å². The number of hydrogen-bond acceptors (Lipinski definition) is 6. The number of guanidine groups is 1. The molecule has 0 radical (unpaired) electrons. The number of nitrogens with two attached hydrogens (primary N) is 1. The molecule has 1 saturated carbocycles. The minimum Gasteiger partial charge on any atom is -0.386 e. The zero-order chi connectivity index (χ0) is 14.0. The van der Waals surface area contributed by atoms with Crippen molar-refractivity contribution < 1.29 is 4.74 Å². The summed E-state index contributed by atoms with van der Waals surface area (Å²) in [6, 6.07) is 2.33. The van der Waals surface area contributed by atoms with E-state index in [1.54, 1.807) is 0 Å². The Labute approximate surface area is 119 Å². The highest BCUT2D eigenvalue weighted by atomic mass is 16.5. The second-order valence-electron chi connectivity index (χ2n) is 5.77. The van der Waals surface area contributed by atoms with Gasteiger partial charge in [0.15, 0.2) is 0 Å². The molecule has 2 heterocycles. The van der Waals surface area contributed by atoms with Crippen molar-refractivity contribution in [3.05, 3.63) is 0 Å². The molecule has 3 rings (SSSR count). The Morgan fingerprint density at radius 3 is 2.60 bits per heavy atom. The smallest absolute Gasteiger partial charge is 0.223 e. The number of rotatable bonds is 0. The SMILES string of the molecule is N#CC1C(N)=NC(N2CCOCC2)=NC12CCCCC2. The average Bonchev–Trinajstić information content (AvgIpc) is 2.49. The number of hydrogen-bond donors (Lipinski definition) is 1. The molecule has 0 amide bonds. The lowest BCUT2D eigenvalue weighted by atomic mass is 9.72. The van der Waals surface area contributed by atoms with E-state index < -0.39 is 0 Å². The first kappa shape index (κ1) is 13.4. The topological polar surface area (TPSA) is 87.0 Å². The van der Waals surface area contributed by atoms with Gasteiger partial charge >= 0.3 is 0 Å². The van der Waals surface area contributed by atoms with Crippen LogP contribution in [0.5, 0.6) is 0 Å². The van der Waals surface area contributed by atoms with Crippen LogP contribution in [0.1, 0.15) is 32.1 Å². The van der Waals surface area contributed by atoms with E-state index in [0.717, 1.165) is 38.8 Å². The van der Waals surface area contributed by atoms with Crippen molar-refractivity contribution in [1.29, 1.82) is 5.26 Å². The van der Waals surface area contributed by atoms with Crippen LogP contribution in [0.15, 0.2) is 9.98 Å². The highest BCUT2D eigenvalue weighted by Gasteiger charge is 2.45. The highest BCUT2D eigenvalue weighted by Crippen LogP contribution is 2.40. The van der Waals surface area contributed by atoms with Gasteiger partial charge in [-0.3, -0.25) is 0 Å². The predicted molar refractivity (Wildman–Crippen MR) is 76.4 cm³/mol. The Morgan fingerprint density at radius 2 is 1.95 bits per heavy atom. The standard InChI is InChI=1S/C14H21N5O/c15-10-11-12(16)17-13(19-6-8-20-9-7-19)18-14(11)4-2-1-3-5-14/h11H,1-9H2,(H2,16,17,18). The van der Waals surface area contributed by atoms with E-state index >= 15 is 0 Å². The molecule has 3 aliphatic rings. The van der Waals surface area contributed by atoms with Gasteiger partial charge in [-0.05, 0) is 12.8 Å². The number of ether oxygens (including phenoxy) is 1. The molecule has 1 saturated heterocycles. The van der Waals surface area contributed by atoms with Crippen LogP contribution in [0.3, 0.4) is 0 Å². The fourth-order valence-corrected chi connectivity index (χ4v) is 3.40. The summed E-state index contributed by atoms with van der Waals surface area (Å²) in [6.07, 6.45) is 5.33. The van der Waals surface area contributed by atoms with Crippen LogP contribution in [0.4, 0.5) is 0 Å². The van der Waals surface area contributed by atoms with Crippen molar-refractivity contribution in [2.45, 2.75) is 37.6 Å². The molecule has 1 aliphatic carbocycles. The molecule has 0 aromatic rings. The summed E-state index contributed by atoms with van der Waals surface area (Å²) in [5.41, 5.74) is 5.74. The Kier molecular flexibility index (Phi) is 3.62. The Balaban J connectivity index is 1.92. The lowest BCUT2D eigenvalue weighted by Crippen LogP contribution is -2.51. The molecule has 0 bridgehead atoms. The monoisotopic (exact) mass is 275 g/mol. The van der Waals surface area contributed by atoms with Crippen LogP contribution in [0, 0.1) is 17.2 Å². The molecular weight excluding hydrogens is 254 g/mol. The van der Waals surface area contributed by atoms with Crippen molar-refractivity contribution in [3.8, 4) is 6.07 Å². The third kappa shape index (κ3) is 2.27. The van der Waals surface area contributed by atoms with E-state index in [9.17, 15) is 5.26 Å². The lowest BCUT2D eigenvalue weighted by Gasteiger charge is -2.41. The van der Waals surface area contributed by atoms with Crippen molar-refractivity contribution in [2.75, 3.05) is 26.3 Å². The summed E-state index contributed by atoms with van der Waals surface area (Å²) >= 11 is 0. The van der Waals surface area contributed by atoms with Crippen molar-refractivity contribution in [1.82, 2.24) is 4.90 Å². The van der Waals surface area contributed by atoms with Gasteiger partial charge < -0.3 is 15.4 Å². The first-order valence-electron chi connectivity index (χ1n) is 7.41. The van der Waals surface area contributed by atoms with Gasteiger partial charge in [0.25, 0.3) is 0 Å². The molecule has 2 fully saturated rings. The lowest BCUT2D eigenvalue weighted by molar-refractivity contribution is 0.0666. The molecule has 0 aromatic heterocycles. The molecule has 2 N–H and O–H groups in total. The van der Waals surface area contributed by atoms with E-state index in [1.165, 1.54) is 6.42 Å². The molecule has 2 aliphatic heterocycles. The summed E-state index contributed by atoms with van der Waals surface area (Å²) in [6.45, 7) is 2.98. The van der Waals surface area contributed by atoms with Crippen molar-refractivity contribution in [2.24, 2.45) is 21.6 Å². The largest absolute Gasteiger partial charge is 0.386 e. The van der Waals surface area contributed by atoms with Crippen molar-refractivity contribution >= 4 is 11.8 Å². The maximum atomic E-state index is 9.46. The molecular formula is C14H21N5O. The maximum absolute atomic E-state index is 9.46. The third-order valence-electron chi connectivity index (χ3n) is 4.53. The van der Waals surface area contributed by atoms with Gasteiger partial charge in [-0.1, -0.05) is 19.3 Å². The first-order valence-corrected chi connectivity index (χ1v) is 7.41. The third-order valence-corrected chi connectivity index (χ3v) is 4.53. The van der Waals surface area contributed by atoms with Gasteiger partial charge in [0, 0.05) is 13.1 Å². The summed E-state index contributed by atoms with van der Waals surface area (Å²) in [5, 5.41) is 9.46. The number of nitrogens with zero attached hydrogens (tertiary/aromatic N) is 4. The van der Waals surface area contributed by atoms with E-state index in [0.29, 0.717) is 25.0 Å². The molecule has 0 aromatic carbocycles. The fourth-order valence-electron chi connectivity index (χ4n) is 3.40. The van der Waals surface area contributed by atoms with E-state index in [4.69, 9.17) is 15.5 Å². The normalized spacial score (nSPS) is 29.6. The van der Waals surface area contributed by atoms with Crippen LogP contribution >= 0.6 is 0 Å². The maximum Gasteiger partial charge on any atom is 0.223 e. The Bertz CT molecular complexity index is 466. The molecule has 6 nitrogen and oxygen atoms in total. The Morgan fingerprint density at radius 1 is 1.25 bits per heavy atom. The van der Waals surface area contributed by atoms with Gasteiger partial charge in [0.1, 0.15) is 11.8 Å². The summed E-state index contributed by atoms with van der Waals surface area (Å²) in [7, 11) is 0. The van der Waals surface area contributed by atoms with Crippen LogP contribution in [-0.4, -0.2) is 48.5 Å². The van der Waals surface area contributed by atoms with Gasteiger partial charge in [-0.2, -0.15) is 10.3 Å². The predicted octanol–water partition coefficient (Wildman–Crippen LogP) is 0.888. The van der Waals surface area contributed by atoms with Crippen molar-refractivity contribution in [3.63, 3.8) is 0 Å². The number of nitriles is 1. The minimum absolute atomic E-state index is 0.341. The van der Waals surface area contributed by atoms with Gasteiger partial charge in [-0.25, -0.2) is 4.99 Å². The molecule has 20 heavy (non-hydrogen) atoms. The summed E-state index contributed by atoms with van der Waals surface area (Å²) in [4.78, 5) is 11.4. The van der Waals surface area contributed by atoms with Crippen LogP contribution in [0.25, 0.3) is 0 Å². The number of amidine groups is 1. The second-order valence-corrected chi connectivity index (χ2v) is 5.77. The van der Waals surface area contributed by atoms with Gasteiger partial charge in [0.05, 0.1) is 24.8 Å². The van der Waals surface area contributed by atoms with Gasteiger partial charge in [0.2, 0.25) is 5.96 Å². The Hall–Kier alpha value is -1.61.